The number of amides is 3. The molecule has 10 heteroatoms. The van der Waals surface area contributed by atoms with Gasteiger partial charge in [0.25, 0.3) is 0 Å². The third kappa shape index (κ3) is 7.03. The van der Waals surface area contributed by atoms with Crippen molar-refractivity contribution in [3.05, 3.63) is 65.9 Å². The molecule has 0 spiro atoms. The van der Waals surface area contributed by atoms with Crippen molar-refractivity contribution in [3.63, 3.8) is 0 Å². The number of nitrogens with one attached hydrogen (secondary N) is 3. The van der Waals surface area contributed by atoms with Gasteiger partial charge in [-0.05, 0) is 42.3 Å². The number of phenolic OH excluding ortho intramolecular Hbond substituents is 1. The maximum absolute atomic E-state index is 13.0. The molecule has 0 radical (unpaired) electrons. The second-order valence-corrected chi connectivity index (χ2v) is 8.66. The van der Waals surface area contributed by atoms with E-state index in [4.69, 9.17) is 11.5 Å². The molecule has 0 saturated heterocycles. The maximum atomic E-state index is 13.0. The van der Waals surface area contributed by atoms with E-state index in [2.05, 4.69) is 16.0 Å². The summed E-state index contributed by atoms with van der Waals surface area (Å²) < 4.78 is 0. The molecule has 0 bridgehead atoms. The van der Waals surface area contributed by atoms with Crippen LogP contribution in [-0.4, -0.2) is 53.3 Å². The van der Waals surface area contributed by atoms with Gasteiger partial charge in [-0.15, -0.1) is 0 Å². The van der Waals surface area contributed by atoms with Crippen molar-refractivity contribution < 1.29 is 24.3 Å². The van der Waals surface area contributed by atoms with Crippen molar-refractivity contribution >= 4 is 24.0 Å². The van der Waals surface area contributed by atoms with E-state index in [1.165, 1.54) is 12.1 Å². The number of benzene rings is 1. The van der Waals surface area contributed by atoms with Crippen molar-refractivity contribution in [2.45, 2.75) is 49.9 Å². The van der Waals surface area contributed by atoms with Crippen LogP contribution in [0.3, 0.4) is 0 Å². The first-order valence-electron chi connectivity index (χ1n) is 11.5. The normalized spacial score (nSPS) is 20.5. The van der Waals surface area contributed by atoms with Gasteiger partial charge >= 0.3 is 0 Å². The molecule has 8 N–H and O–H groups in total. The lowest BCUT2D eigenvalue weighted by atomic mass is 9.88. The first-order valence-corrected chi connectivity index (χ1v) is 11.5. The van der Waals surface area contributed by atoms with Crippen molar-refractivity contribution in [2.24, 2.45) is 17.4 Å². The monoisotopic (exact) mass is 481 g/mol. The number of fused-ring (bicyclic) bond motifs is 1. The Hall–Kier alpha value is -3.92. The van der Waals surface area contributed by atoms with Crippen LogP contribution < -0.4 is 27.4 Å². The van der Waals surface area contributed by atoms with Gasteiger partial charge in [-0.1, -0.05) is 36.4 Å². The van der Waals surface area contributed by atoms with Crippen molar-refractivity contribution in [2.75, 3.05) is 0 Å². The molecule has 0 aromatic heterocycles. The van der Waals surface area contributed by atoms with E-state index in [9.17, 15) is 24.3 Å². The van der Waals surface area contributed by atoms with Gasteiger partial charge in [-0.2, -0.15) is 0 Å². The zero-order chi connectivity index (χ0) is 25.4. The summed E-state index contributed by atoms with van der Waals surface area (Å²) in [5, 5.41) is 18.0. The minimum atomic E-state index is -1.06. The number of nitrogens with two attached hydrogens (primary N) is 2. The molecule has 1 aliphatic heterocycles. The fourth-order valence-corrected chi connectivity index (χ4v) is 4.11. The molecule has 1 aromatic rings. The second kappa shape index (κ2) is 12.0. The van der Waals surface area contributed by atoms with Crippen LogP contribution in [-0.2, 0) is 25.6 Å². The molecule has 5 atom stereocenters. The Morgan fingerprint density at radius 1 is 1.03 bits per heavy atom. The zero-order valence-corrected chi connectivity index (χ0v) is 19.2. The zero-order valence-electron chi connectivity index (χ0n) is 19.2. The van der Waals surface area contributed by atoms with E-state index in [-0.39, 0.29) is 37.0 Å². The summed E-state index contributed by atoms with van der Waals surface area (Å²) in [5.41, 5.74) is 13.2. The molecule has 3 rings (SSSR count). The van der Waals surface area contributed by atoms with Gasteiger partial charge in [0, 0.05) is 18.8 Å². The summed E-state index contributed by atoms with van der Waals surface area (Å²) in [5.74, 6) is -1.75. The van der Waals surface area contributed by atoms with Crippen molar-refractivity contribution in [1.29, 1.82) is 0 Å². The molecule has 35 heavy (non-hydrogen) atoms. The summed E-state index contributed by atoms with van der Waals surface area (Å²) >= 11 is 0. The summed E-state index contributed by atoms with van der Waals surface area (Å²) in [6.45, 7) is 0. The topological polar surface area (TPSA) is 177 Å². The number of carbonyl (C=O) groups excluding carboxylic acids is 4. The Bertz CT molecular complexity index is 1030. The van der Waals surface area contributed by atoms with Gasteiger partial charge in [0.15, 0.2) is 0 Å². The molecular weight excluding hydrogens is 450 g/mol. The van der Waals surface area contributed by atoms with Crippen LogP contribution in [0.25, 0.3) is 0 Å². The quantitative estimate of drug-likeness (QED) is 0.222. The molecule has 5 unspecified atom stereocenters. The van der Waals surface area contributed by atoms with Crippen LogP contribution in [0.5, 0.6) is 5.75 Å². The molecule has 2 aliphatic rings. The molecular formula is C25H31N5O5. The van der Waals surface area contributed by atoms with Gasteiger partial charge in [0.05, 0.1) is 12.1 Å². The van der Waals surface area contributed by atoms with Crippen LogP contribution in [0.15, 0.2) is 60.3 Å². The Labute approximate surface area is 203 Å². The number of phenols is 1. The Kier molecular flexibility index (Phi) is 8.80. The number of rotatable bonds is 12. The van der Waals surface area contributed by atoms with Crippen LogP contribution >= 0.6 is 0 Å². The number of primary amides is 1. The van der Waals surface area contributed by atoms with Crippen molar-refractivity contribution in [1.82, 2.24) is 16.0 Å². The largest absolute Gasteiger partial charge is 0.508 e. The van der Waals surface area contributed by atoms with Gasteiger partial charge in [0.2, 0.25) is 17.7 Å². The van der Waals surface area contributed by atoms with E-state index in [1.807, 2.05) is 30.5 Å². The minimum Gasteiger partial charge on any atom is -0.508 e. The van der Waals surface area contributed by atoms with E-state index in [1.54, 1.807) is 12.1 Å². The molecule has 186 valence electrons. The third-order valence-corrected chi connectivity index (χ3v) is 6.06. The average molecular weight is 482 g/mol. The molecule has 1 heterocycles. The lowest BCUT2D eigenvalue weighted by Gasteiger charge is -2.24. The Morgan fingerprint density at radius 3 is 2.40 bits per heavy atom. The Morgan fingerprint density at radius 2 is 1.71 bits per heavy atom. The van der Waals surface area contributed by atoms with E-state index < -0.39 is 35.8 Å². The molecule has 10 nitrogen and oxygen atoms in total. The van der Waals surface area contributed by atoms with Gasteiger partial charge in [-0.3, -0.25) is 14.4 Å². The predicted molar refractivity (Wildman–Crippen MR) is 130 cm³/mol. The average Bonchev–Trinajstić information content (AvgIpc) is 3.25. The minimum absolute atomic E-state index is 0.0443. The highest BCUT2D eigenvalue weighted by Crippen LogP contribution is 2.29. The van der Waals surface area contributed by atoms with Gasteiger partial charge < -0.3 is 37.3 Å². The SMILES string of the molecule is NC(=O)C(CCC=O)NC(=O)C(Cc1ccc(O)cc1)NC(=O)C(N)CC1=CNC2C=CC=CC12. The van der Waals surface area contributed by atoms with Crippen molar-refractivity contribution in [3.8, 4) is 5.75 Å². The fraction of sp³-hybridized carbons (Fsp3) is 0.360. The second-order valence-electron chi connectivity index (χ2n) is 8.66. The van der Waals surface area contributed by atoms with E-state index >= 15 is 0 Å². The lowest BCUT2D eigenvalue weighted by Crippen LogP contribution is -2.56. The van der Waals surface area contributed by atoms with Crippen LogP contribution in [0.2, 0.25) is 0 Å². The first-order chi connectivity index (χ1) is 16.8. The summed E-state index contributed by atoms with van der Waals surface area (Å²) in [7, 11) is 0. The van der Waals surface area contributed by atoms with Crippen LogP contribution in [0, 0.1) is 5.92 Å². The highest BCUT2D eigenvalue weighted by atomic mass is 16.3. The standard InChI is InChI=1S/C25H31N5O5/c26-19(13-16-14-28-20-5-2-1-4-18(16)20)24(34)30-22(12-15-7-9-17(32)10-8-15)25(35)29-21(23(27)33)6-3-11-31/h1-2,4-5,7-11,14,18-22,28,32H,3,6,12-13,26H2,(H2,27,33)(H,29,35)(H,30,34). The third-order valence-electron chi connectivity index (χ3n) is 6.06. The molecule has 0 fully saturated rings. The smallest absolute Gasteiger partial charge is 0.243 e. The summed E-state index contributed by atoms with van der Waals surface area (Å²) in [6.07, 6.45) is 11.0. The molecule has 1 aliphatic carbocycles. The van der Waals surface area contributed by atoms with E-state index in [0.717, 1.165) is 5.57 Å². The highest BCUT2D eigenvalue weighted by molar-refractivity contribution is 5.93. The van der Waals surface area contributed by atoms with Gasteiger partial charge in [0.1, 0.15) is 24.1 Å². The number of aromatic hydroxyl groups is 1. The Balaban J connectivity index is 1.69. The molecule has 1 aromatic carbocycles. The summed E-state index contributed by atoms with van der Waals surface area (Å²) in [4.78, 5) is 48.4. The predicted octanol–water partition coefficient (Wildman–Crippen LogP) is -0.316. The van der Waals surface area contributed by atoms with Gasteiger partial charge in [-0.25, -0.2) is 0 Å². The first kappa shape index (κ1) is 25.7. The molecule has 3 amide bonds. The number of allylic oxidation sites excluding steroid dienone is 2. The maximum Gasteiger partial charge on any atom is 0.243 e. The van der Waals surface area contributed by atoms with E-state index in [0.29, 0.717) is 18.3 Å². The number of aldehydes is 1. The van der Waals surface area contributed by atoms with Crippen LogP contribution in [0.1, 0.15) is 24.8 Å². The number of carbonyl (C=O) groups is 4. The van der Waals surface area contributed by atoms with Crippen LogP contribution in [0.4, 0.5) is 0 Å². The lowest BCUT2D eigenvalue weighted by molar-refractivity contribution is -0.131. The number of hydrogen-bond donors (Lipinski definition) is 6. The highest BCUT2D eigenvalue weighted by Gasteiger charge is 2.31. The summed E-state index contributed by atoms with van der Waals surface area (Å²) in [6, 6.07) is 3.30. The molecule has 0 saturated carbocycles. The number of hydrogen-bond acceptors (Lipinski definition) is 7. The fourth-order valence-electron chi connectivity index (χ4n) is 4.11.